The zero-order chi connectivity index (χ0) is 22.7. The van der Waals surface area contributed by atoms with Crippen molar-refractivity contribution in [3.05, 3.63) is 70.2 Å². The van der Waals surface area contributed by atoms with Crippen LogP contribution in [0.2, 0.25) is 0 Å². The van der Waals surface area contributed by atoms with Crippen molar-refractivity contribution in [3.8, 4) is 17.1 Å². The maximum Gasteiger partial charge on any atom is 0.291 e. The van der Waals surface area contributed by atoms with Crippen LogP contribution in [0.1, 0.15) is 29.8 Å². The van der Waals surface area contributed by atoms with E-state index in [9.17, 15) is 19.3 Å². The smallest absolute Gasteiger partial charge is 0.291 e. The summed E-state index contributed by atoms with van der Waals surface area (Å²) in [5, 5.41) is 14.0. The molecule has 0 spiro atoms. The number of methoxy groups -OCH3 is 1. The predicted molar refractivity (Wildman–Crippen MR) is 118 cm³/mol. The topological polar surface area (TPSA) is 97.8 Å². The molecule has 1 aliphatic heterocycles. The van der Waals surface area contributed by atoms with E-state index >= 15 is 0 Å². The van der Waals surface area contributed by atoms with E-state index in [0.29, 0.717) is 17.1 Å². The lowest BCUT2D eigenvalue weighted by Gasteiger charge is -2.29. The number of nitrogens with one attached hydrogen (secondary N) is 1. The van der Waals surface area contributed by atoms with Gasteiger partial charge in [-0.2, -0.15) is 0 Å². The maximum atomic E-state index is 14.6. The number of hydrogen-bond acceptors (Lipinski definition) is 6. The number of furan rings is 1. The van der Waals surface area contributed by atoms with Crippen molar-refractivity contribution in [2.24, 2.45) is 0 Å². The number of benzene rings is 2. The number of ether oxygens (including phenoxy) is 1. The van der Waals surface area contributed by atoms with Gasteiger partial charge in [0.05, 0.1) is 29.4 Å². The molecule has 1 fully saturated rings. The lowest BCUT2D eigenvalue weighted by molar-refractivity contribution is -0.384. The number of carbonyl (C=O) groups is 1. The van der Waals surface area contributed by atoms with Gasteiger partial charge < -0.3 is 19.4 Å². The summed E-state index contributed by atoms with van der Waals surface area (Å²) >= 11 is 0. The molecule has 2 heterocycles. The van der Waals surface area contributed by atoms with E-state index in [4.69, 9.17) is 9.15 Å². The summed E-state index contributed by atoms with van der Waals surface area (Å²) in [5.74, 6) is -0.544. The molecular weight excluding hydrogens is 417 g/mol. The van der Waals surface area contributed by atoms with Crippen LogP contribution in [0.5, 0.6) is 5.75 Å². The minimum Gasteiger partial charge on any atom is -0.497 e. The highest BCUT2D eigenvalue weighted by Gasteiger charge is 2.21. The molecule has 1 aromatic heterocycles. The molecule has 4 rings (SSSR count). The van der Waals surface area contributed by atoms with Crippen molar-refractivity contribution in [1.29, 1.82) is 0 Å². The molecule has 0 unspecified atom stereocenters. The largest absolute Gasteiger partial charge is 0.497 e. The highest BCUT2D eigenvalue weighted by Crippen LogP contribution is 2.34. The van der Waals surface area contributed by atoms with Crippen LogP contribution in [0, 0.1) is 15.9 Å². The summed E-state index contributed by atoms with van der Waals surface area (Å²) in [6.07, 6.45) is 3.22. The van der Waals surface area contributed by atoms with Crippen LogP contribution in [0.25, 0.3) is 11.3 Å². The van der Waals surface area contributed by atoms with Gasteiger partial charge in [0.1, 0.15) is 17.3 Å². The number of amides is 1. The standard InChI is InChI=1S/C23H22FN3O5/c1-31-16-6-7-17(20(14-16)27(29)30)21-9-10-22(32-21)23(28)25-15-5-8-19(18(24)13-15)26-11-3-2-4-12-26/h5-10,13-14H,2-4,11-12H2,1H3,(H,25,28). The van der Waals surface area contributed by atoms with Crippen LogP contribution in [0.4, 0.5) is 21.5 Å². The molecule has 2 aromatic carbocycles. The molecule has 0 aliphatic carbocycles. The maximum absolute atomic E-state index is 14.6. The van der Waals surface area contributed by atoms with Crippen molar-refractivity contribution >= 4 is 23.0 Å². The molecule has 3 aromatic rings. The summed E-state index contributed by atoms with van der Waals surface area (Å²) in [7, 11) is 1.41. The second-order valence-corrected chi connectivity index (χ2v) is 7.47. The number of nitro benzene ring substituents is 1. The fourth-order valence-corrected chi connectivity index (χ4v) is 3.77. The Kier molecular flexibility index (Phi) is 6.07. The van der Waals surface area contributed by atoms with Gasteiger partial charge in [0, 0.05) is 18.8 Å². The molecule has 8 nitrogen and oxygen atoms in total. The van der Waals surface area contributed by atoms with Crippen LogP contribution < -0.4 is 15.0 Å². The number of rotatable bonds is 6. The number of nitro groups is 1. The average Bonchev–Trinajstić information content (AvgIpc) is 3.29. The second kappa shape index (κ2) is 9.09. The molecule has 0 bridgehead atoms. The fourth-order valence-electron chi connectivity index (χ4n) is 3.77. The van der Waals surface area contributed by atoms with Crippen LogP contribution in [-0.2, 0) is 0 Å². The molecular formula is C23H22FN3O5. The van der Waals surface area contributed by atoms with Crippen molar-refractivity contribution < 1.29 is 23.3 Å². The van der Waals surface area contributed by atoms with Crippen LogP contribution in [-0.4, -0.2) is 31.0 Å². The van der Waals surface area contributed by atoms with Crippen LogP contribution in [0.3, 0.4) is 0 Å². The Morgan fingerprint density at radius 2 is 1.91 bits per heavy atom. The first kappa shape index (κ1) is 21.4. The van der Waals surface area contributed by atoms with Gasteiger partial charge in [-0.05, 0) is 61.7 Å². The minimum atomic E-state index is -0.586. The molecule has 1 amide bonds. The normalized spacial score (nSPS) is 13.6. The van der Waals surface area contributed by atoms with Crippen molar-refractivity contribution in [3.63, 3.8) is 0 Å². The van der Waals surface area contributed by atoms with Crippen LogP contribution in [0.15, 0.2) is 52.9 Å². The van der Waals surface area contributed by atoms with Gasteiger partial charge >= 0.3 is 0 Å². The number of halogens is 1. The number of piperidine rings is 1. The number of anilines is 2. The first-order chi connectivity index (χ1) is 15.5. The molecule has 166 valence electrons. The molecule has 1 N–H and O–H groups in total. The predicted octanol–water partition coefficient (Wildman–Crippen LogP) is 5.25. The van der Waals surface area contributed by atoms with E-state index < -0.39 is 16.6 Å². The third-order valence-corrected chi connectivity index (χ3v) is 5.40. The summed E-state index contributed by atoms with van der Waals surface area (Å²) < 4.78 is 25.2. The lowest BCUT2D eigenvalue weighted by atomic mass is 10.1. The van der Waals surface area contributed by atoms with Crippen molar-refractivity contribution in [1.82, 2.24) is 0 Å². The zero-order valence-electron chi connectivity index (χ0n) is 17.5. The SMILES string of the molecule is COc1ccc(-c2ccc(C(=O)Nc3ccc(N4CCCCC4)c(F)c3)o2)c([N+](=O)[O-])c1. The quantitative estimate of drug-likeness (QED) is 0.416. The first-order valence-electron chi connectivity index (χ1n) is 10.2. The monoisotopic (exact) mass is 439 g/mol. The molecule has 32 heavy (non-hydrogen) atoms. The Morgan fingerprint density at radius 3 is 2.59 bits per heavy atom. The summed E-state index contributed by atoms with van der Waals surface area (Å²) in [6, 6.07) is 11.8. The number of carbonyl (C=O) groups excluding carboxylic acids is 1. The van der Waals surface area contributed by atoms with E-state index in [1.54, 1.807) is 18.2 Å². The third-order valence-electron chi connectivity index (χ3n) is 5.40. The minimum absolute atomic E-state index is 0.0503. The van der Waals surface area contributed by atoms with Gasteiger partial charge in [0.15, 0.2) is 5.76 Å². The number of hydrogen-bond donors (Lipinski definition) is 1. The Labute approximate surface area is 183 Å². The lowest BCUT2D eigenvalue weighted by Crippen LogP contribution is -2.30. The summed E-state index contributed by atoms with van der Waals surface area (Å²) in [6.45, 7) is 1.63. The van der Waals surface area contributed by atoms with Gasteiger partial charge in [0.2, 0.25) is 0 Å². The Bertz CT molecular complexity index is 1150. The van der Waals surface area contributed by atoms with Gasteiger partial charge in [-0.15, -0.1) is 0 Å². The van der Waals surface area contributed by atoms with E-state index in [-0.39, 0.29) is 22.8 Å². The molecule has 1 saturated heterocycles. The van der Waals surface area contributed by atoms with Crippen molar-refractivity contribution in [2.45, 2.75) is 19.3 Å². The molecule has 0 radical (unpaired) electrons. The number of nitrogens with zero attached hydrogens (tertiary/aromatic N) is 2. The molecule has 0 saturated carbocycles. The molecule has 9 heteroatoms. The zero-order valence-corrected chi connectivity index (χ0v) is 17.5. The fraction of sp³-hybridized carbons (Fsp3) is 0.261. The first-order valence-corrected chi connectivity index (χ1v) is 10.2. The molecule has 0 atom stereocenters. The molecule has 1 aliphatic rings. The second-order valence-electron chi connectivity index (χ2n) is 7.47. The van der Waals surface area contributed by atoms with E-state index in [1.165, 1.54) is 37.4 Å². The van der Waals surface area contributed by atoms with E-state index in [1.807, 2.05) is 4.90 Å². The van der Waals surface area contributed by atoms with Crippen molar-refractivity contribution in [2.75, 3.05) is 30.4 Å². The van der Waals surface area contributed by atoms with Gasteiger partial charge in [-0.1, -0.05) is 0 Å². The summed E-state index contributed by atoms with van der Waals surface area (Å²) in [4.78, 5) is 25.4. The Morgan fingerprint density at radius 1 is 1.12 bits per heavy atom. The third kappa shape index (κ3) is 4.41. The Hall–Kier alpha value is -3.88. The highest BCUT2D eigenvalue weighted by molar-refractivity contribution is 6.02. The van der Waals surface area contributed by atoms with Gasteiger partial charge in [0.25, 0.3) is 11.6 Å². The Balaban J connectivity index is 1.51. The average molecular weight is 439 g/mol. The van der Waals surface area contributed by atoms with Gasteiger partial charge in [-0.25, -0.2) is 4.39 Å². The van der Waals surface area contributed by atoms with Gasteiger partial charge in [-0.3, -0.25) is 14.9 Å². The van der Waals surface area contributed by atoms with E-state index in [0.717, 1.165) is 32.4 Å². The van der Waals surface area contributed by atoms with E-state index in [2.05, 4.69) is 5.32 Å². The summed E-state index contributed by atoms with van der Waals surface area (Å²) in [5.41, 5.74) is 0.823. The van der Waals surface area contributed by atoms with Crippen LogP contribution >= 0.6 is 0 Å². The highest BCUT2D eigenvalue weighted by atomic mass is 19.1.